The standard InChI is InChI=1S/C24H29N3O4/c1-16-8-10-26(11-9-16)23(29)24-14-27(12-19(24)13-30-15-24)22(28)20-17(2)31-25-21(20)18-6-4-3-5-7-18/h3-7,16,19H,8-15H2,1-2H3/t19-,24-/m0/s1. The molecule has 2 aromatic rings. The van der Waals surface area contributed by atoms with Crippen LogP contribution in [0.1, 0.15) is 35.9 Å². The largest absolute Gasteiger partial charge is 0.380 e. The number of carbonyl (C=O) groups is 2. The molecule has 1 aromatic carbocycles. The summed E-state index contributed by atoms with van der Waals surface area (Å²) >= 11 is 0. The van der Waals surface area contributed by atoms with E-state index < -0.39 is 5.41 Å². The number of fused-ring (bicyclic) bond motifs is 1. The number of carbonyl (C=O) groups excluding carboxylic acids is 2. The fourth-order valence-corrected chi connectivity index (χ4v) is 5.29. The topological polar surface area (TPSA) is 75.9 Å². The minimum atomic E-state index is -0.631. The summed E-state index contributed by atoms with van der Waals surface area (Å²) in [6, 6.07) is 9.60. The number of hydrogen-bond donors (Lipinski definition) is 0. The first-order chi connectivity index (χ1) is 15.0. The van der Waals surface area contributed by atoms with Gasteiger partial charge in [0.2, 0.25) is 5.91 Å². The van der Waals surface area contributed by atoms with Crippen LogP contribution in [0.5, 0.6) is 0 Å². The molecule has 5 rings (SSSR count). The molecule has 3 aliphatic heterocycles. The van der Waals surface area contributed by atoms with Gasteiger partial charge in [-0.25, -0.2) is 0 Å². The van der Waals surface area contributed by atoms with Gasteiger partial charge in [0.1, 0.15) is 17.0 Å². The maximum absolute atomic E-state index is 13.6. The molecule has 3 aliphatic rings. The highest BCUT2D eigenvalue weighted by Crippen LogP contribution is 2.44. The van der Waals surface area contributed by atoms with Gasteiger partial charge in [-0.3, -0.25) is 9.59 Å². The van der Waals surface area contributed by atoms with Crippen molar-refractivity contribution in [2.45, 2.75) is 26.7 Å². The molecule has 2 atom stereocenters. The molecular formula is C24H29N3O4. The van der Waals surface area contributed by atoms with E-state index in [0.717, 1.165) is 31.5 Å². The molecule has 7 heteroatoms. The third kappa shape index (κ3) is 3.35. The summed E-state index contributed by atoms with van der Waals surface area (Å²) in [5, 5.41) is 4.16. The van der Waals surface area contributed by atoms with Crippen LogP contribution >= 0.6 is 0 Å². The van der Waals surface area contributed by atoms with Crippen molar-refractivity contribution in [3.05, 3.63) is 41.7 Å². The second kappa shape index (κ2) is 7.79. The van der Waals surface area contributed by atoms with Crippen molar-refractivity contribution < 1.29 is 18.8 Å². The Bertz CT molecular complexity index is 980. The van der Waals surface area contributed by atoms with Gasteiger partial charge in [0.25, 0.3) is 5.91 Å². The van der Waals surface area contributed by atoms with Crippen LogP contribution < -0.4 is 0 Å². The third-order valence-electron chi connectivity index (χ3n) is 7.28. The van der Waals surface area contributed by atoms with Crippen LogP contribution in [0.4, 0.5) is 0 Å². The molecule has 1 aromatic heterocycles. The molecule has 4 heterocycles. The Labute approximate surface area is 182 Å². The van der Waals surface area contributed by atoms with Gasteiger partial charge in [-0.05, 0) is 25.7 Å². The quantitative estimate of drug-likeness (QED) is 0.759. The molecule has 164 valence electrons. The fraction of sp³-hybridized carbons (Fsp3) is 0.542. The molecule has 0 N–H and O–H groups in total. The first-order valence-corrected chi connectivity index (χ1v) is 11.2. The van der Waals surface area contributed by atoms with Crippen LogP contribution in [-0.4, -0.2) is 66.2 Å². The molecule has 0 spiro atoms. The van der Waals surface area contributed by atoms with E-state index in [1.807, 2.05) is 40.1 Å². The monoisotopic (exact) mass is 423 g/mol. The van der Waals surface area contributed by atoms with Crippen LogP contribution in [-0.2, 0) is 9.53 Å². The second-order valence-corrected chi connectivity index (χ2v) is 9.36. The van der Waals surface area contributed by atoms with E-state index in [4.69, 9.17) is 9.26 Å². The lowest BCUT2D eigenvalue weighted by molar-refractivity contribution is -0.144. The number of nitrogens with zero attached hydrogens (tertiary/aromatic N) is 3. The Morgan fingerprint density at radius 1 is 1.13 bits per heavy atom. The molecule has 0 unspecified atom stereocenters. The molecule has 0 aliphatic carbocycles. The number of rotatable bonds is 3. The van der Waals surface area contributed by atoms with Gasteiger partial charge >= 0.3 is 0 Å². The Morgan fingerprint density at radius 3 is 2.61 bits per heavy atom. The average molecular weight is 424 g/mol. The van der Waals surface area contributed by atoms with Crippen molar-refractivity contribution in [2.75, 3.05) is 39.4 Å². The minimum absolute atomic E-state index is 0.0311. The number of aromatic nitrogens is 1. The lowest BCUT2D eigenvalue weighted by Gasteiger charge is -2.37. The van der Waals surface area contributed by atoms with Crippen LogP contribution in [0.2, 0.25) is 0 Å². The van der Waals surface area contributed by atoms with Crippen molar-refractivity contribution in [3.63, 3.8) is 0 Å². The van der Waals surface area contributed by atoms with Crippen molar-refractivity contribution in [2.24, 2.45) is 17.3 Å². The maximum atomic E-state index is 13.6. The predicted octanol–water partition coefficient (Wildman–Crippen LogP) is 3.00. The van der Waals surface area contributed by atoms with E-state index in [2.05, 4.69) is 12.1 Å². The molecular weight excluding hydrogens is 394 g/mol. The third-order valence-corrected chi connectivity index (χ3v) is 7.28. The zero-order chi connectivity index (χ0) is 21.6. The van der Waals surface area contributed by atoms with E-state index in [0.29, 0.717) is 49.2 Å². The van der Waals surface area contributed by atoms with E-state index in [-0.39, 0.29) is 17.7 Å². The normalized spacial score (nSPS) is 26.3. The Morgan fingerprint density at radius 2 is 1.87 bits per heavy atom. The molecule has 7 nitrogen and oxygen atoms in total. The van der Waals surface area contributed by atoms with Crippen molar-refractivity contribution in [1.29, 1.82) is 0 Å². The number of benzene rings is 1. The summed E-state index contributed by atoms with van der Waals surface area (Å²) in [6.45, 7) is 7.42. The van der Waals surface area contributed by atoms with Crippen LogP contribution in [0.15, 0.2) is 34.9 Å². The summed E-state index contributed by atoms with van der Waals surface area (Å²) in [4.78, 5) is 31.0. The smallest absolute Gasteiger partial charge is 0.259 e. The van der Waals surface area contributed by atoms with Gasteiger partial charge < -0.3 is 19.1 Å². The highest BCUT2D eigenvalue weighted by Gasteiger charge is 2.58. The number of likely N-dealkylation sites (tertiary alicyclic amines) is 2. The van der Waals surface area contributed by atoms with Gasteiger partial charge in [-0.2, -0.15) is 0 Å². The number of ether oxygens (including phenoxy) is 1. The number of aryl methyl sites for hydroxylation is 1. The maximum Gasteiger partial charge on any atom is 0.259 e. The van der Waals surface area contributed by atoms with Gasteiger partial charge in [0.15, 0.2) is 0 Å². The second-order valence-electron chi connectivity index (χ2n) is 9.36. The zero-order valence-electron chi connectivity index (χ0n) is 18.2. The number of hydrogen-bond acceptors (Lipinski definition) is 5. The lowest BCUT2D eigenvalue weighted by atomic mass is 9.79. The minimum Gasteiger partial charge on any atom is -0.380 e. The Balaban J connectivity index is 1.41. The summed E-state index contributed by atoms with van der Waals surface area (Å²) < 4.78 is 11.2. The Hall–Kier alpha value is -2.67. The molecule has 31 heavy (non-hydrogen) atoms. The average Bonchev–Trinajstić information content (AvgIpc) is 3.46. The van der Waals surface area contributed by atoms with Crippen molar-refractivity contribution in [3.8, 4) is 11.3 Å². The molecule has 3 fully saturated rings. The highest BCUT2D eigenvalue weighted by molar-refractivity contribution is 6.01. The molecule has 0 radical (unpaired) electrons. The first-order valence-electron chi connectivity index (χ1n) is 11.2. The van der Waals surface area contributed by atoms with E-state index in [1.54, 1.807) is 6.92 Å². The molecule has 2 amide bonds. The van der Waals surface area contributed by atoms with Crippen molar-refractivity contribution in [1.82, 2.24) is 15.0 Å². The lowest BCUT2D eigenvalue weighted by Crippen LogP contribution is -2.51. The number of piperidine rings is 1. The van der Waals surface area contributed by atoms with Crippen LogP contribution in [0.25, 0.3) is 11.3 Å². The number of amides is 2. The Kier molecular flexibility index (Phi) is 5.08. The zero-order valence-corrected chi connectivity index (χ0v) is 18.2. The SMILES string of the molecule is Cc1onc(-c2ccccc2)c1C(=O)N1C[C@H]2COC[C@@]2(C(=O)N2CCC(C)CC2)C1. The van der Waals surface area contributed by atoms with Gasteiger partial charge in [0.05, 0.1) is 18.6 Å². The van der Waals surface area contributed by atoms with Crippen molar-refractivity contribution >= 4 is 11.8 Å². The summed E-state index contributed by atoms with van der Waals surface area (Å²) in [5.41, 5.74) is 1.26. The molecule has 0 bridgehead atoms. The van der Waals surface area contributed by atoms with Gasteiger partial charge in [-0.15, -0.1) is 0 Å². The van der Waals surface area contributed by atoms with Gasteiger partial charge in [0, 0.05) is 37.7 Å². The molecule has 3 saturated heterocycles. The van der Waals surface area contributed by atoms with E-state index >= 15 is 0 Å². The predicted molar refractivity (Wildman–Crippen MR) is 114 cm³/mol. The van der Waals surface area contributed by atoms with E-state index in [9.17, 15) is 9.59 Å². The van der Waals surface area contributed by atoms with Gasteiger partial charge in [-0.1, -0.05) is 42.4 Å². The van der Waals surface area contributed by atoms with Crippen LogP contribution in [0.3, 0.4) is 0 Å². The summed E-state index contributed by atoms with van der Waals surface area (Å²) in [5.74, 6) is 1.23. The molecule has 0 saturated carbocycles. The van der Waals surface area contributed by atoms with E-state index in [1.165, 1.54) is 0 Å². The summed E-state index contributed by atoms with van der Waals surface area (Å²) in [6.07, 6.45) is 2.08. The summed E-state index contributed by atoms with van der Waals surface area (Å²) in [7, 11) is 0. The first kappa shape index (κ1) is 20.2. The highest BCUT2D eigenvalue weighted by atomic mass is 16.5. The fourth-order valence-electron chi connectivity index (χ4n) is 5.29. The van der Waals surface area contributed by atoms with Crippen LogP contribution in [0, 0.1) is 24.2 Å².